The summed E-state index contributed by atoms with van der Waals surface area (Å²) in [4.78, 5) is 20.1. The Kier molecular flexibility index (Phi) is 3.79. The molecule has 5 heteroatoms. The summed E-state index contributed by atoms with van der Waals surface area (Å²) in [7, 11) is 0. The van der Waals surface area contributed by atoms with E-state index < -0.39 is 0 Å². The van der Waals surface area contributed by atoms with E-state index in [4.69, 9.17) is 11.6 Å². The molecule has 0 saturated heterocycles. The molecule has 3 rings (SSSR count). The number of rotatable bonds is 4. The van der Waals surface area contributed by atoms with Gasteiger partial charge in [-0.2, -0.15) is 0 Å². The van der Waals surface area contributed by atoms with Crippen LogP contribution in [0.1, 0.15) is 10.4 Å². The molecule has 0 aliphatic heterocycles. The lowest BCUT2D eigenvalue weighted by Gasteiger charge is -2.08. The topological polar surface area (TPSA) is 54.9 Å². The first-order valence-electron chi connectivity index (χ1n) is 6.44. The molecule has 21 heavy (non-hydrogen) atoms. The number of nitrogens with zero attached hydrogens (tertiary/aromatic N) is 2. The highest BCUT2D eigenvalue weighted by Crippen LogP contribution is 2.23. The van der Waals surface area contributed by atoms with E-state index in [1.54, 1.807) is 12.1 Å². The molecule has 104 valence electrons. The number of anilines is 2. The second-order valence-corrected chi connectivity index (χ2v) is 4.77. The molecule has 0 aliphatic carbocycles. The maximum Gasteiger partial charge on any atom is 0.177 e. The number of alkyl halides is 1. The number of fused-ring (bicyclic) bond motifs is 1. The van der Waals surface area contributed by atoms with Crippen molar-refractivity contribution in [2.24, 2.45) is 0 Å². The highest BCUT2D eigenvalue weighted by atomic mass is 35.5. The summed E-state index contributed by atoms with van der Waals surface area (Å²) in [6, 6.07) is 15.1. The molecule has 4 nitrogen and oxygen atoms in total. The minimum atomic E-state index is -0.116. The number of hydrogen-bond donors (Lipinski definition) is 1. The fourth-order valence-corrected chi connectivity index (χ4v) is 2.22. The van der Waals surface area contributed by atoms with Crippen LogP contribution in [0.15, 0.2) is 54.9 Å². The number of para-hydroxylation sites is 1. The molecule has 0 amide bonds. The predicted molar refractivity (Wildman–Crippen MR) is 84.3 cm³/mol. The SMILES string of the molecule is O=C(CCl)c1ccc2c(Nc3ccccc3)ncnc2c1. The van der Waals surface area contributed by atoms with E-state index >= 15 is 0 Å². The number of carbonyl (C=O) groups is 1. The second-order valence-electron chi connectivity index (χ2n) is 4.50. The smallest absolute Gasteiger partial charge is 0.177 e. The van der Waals surface area contributed by atoms with Crippen LogP contribution < -0.4 is 5.32 Å². The van der Waals surface area contributed by atoms with E-state index in [1.807, 2.05) is 36.4 Å². The first-order valence-corrected chi connectivity index (χ1v) is 6.97. The quantitative estimate of drug-likeness (QED) is 0.588. The van der Waals surface area contributed by atoms with Gasteiger partial charge in [-0.25, -0.2) is 9.97 Å². The first kappa shape index (κ1) is 13.5. The summed E-state index contributed by atoms with van der Waals surface area (Å²) in [6.07, 6.45) is 1.47. The summed E-state index contributed by atoms with van der Waals surface area (Å²) in [6.45, 7) is 0. The number of Topliss-reactive ketones (excluding diaryl/α,β-unsaturated/α-hetero) is 1. The molecule has 2 aromatic carbocycles. The molecular formula is C16H12ClN3O. The lowest BCUT2D eigenvalue weighted by Crippen LogP contribution is -2.01. The van der Waals surface area contributed by atoms with Gasteiger partial charge in [0.15, 0.2) is 5.78 Å². The Balaban J connectivity index is 2.02. The van der Waals surface area contributed by atoms with E-state index in [9.17, 15) is 4.79 Å². The molecule has 1 aromatic heterocycles. The number of halogens is 1. The van der Waals surface area contributed by atoms with Gasteiger partial charge in [0.05, 0.1) is 11.4 Å². The van der Waals surface area contributed by atoms with Crippen molar-refractivity contribution in [3.8, 4) is 0 Å². The van der Waals surface area contributed by atoms with Crippen LogP contribution in [0.3, 0.4) is 0 Å². The second kappa shape index (κ2) is 5.89. The van der Waals surface area contributed by atoms with Crippen LogP contribution in [0, 0.1) is 0 Å². The zero-order chi connectivity index (χ0) is 14.7. The zero-order valence-corrected chi connectivity index (χ0v) is 11.8. The number of carbonyl (C=O) groups excluding carboxylic acids is 1. The van der Waals surface area contributed by atoms with E-state index in [0.717, 1.165) is 11.1 Å². The molecule has 0 atom stereocenters. The summed E-state index contributed by atoms with van der Waals surface area (Å²) >= 11 is 5.58. The monoisotopic (exact) mass is 297 g/mol. The lowest BCUT2D eigenvalue weighted by atomic mass is 10.1. The van der Waals surface area contributed by atoms with Crippen LogP contribution >= 0.6 is 11.6 Å². The first-order chi connectivity index (χ1) is 10.3. The highest BCUT2D eigenvalue weighted by Gasteiger charge is 2.08. The van der Waals surface area contributed by atoms with Gasteiger partial charge >= 0.3 is 0 Å². The Bertz CT molecular complexity index is 790. The maximum absolute atomic E-state index is 11.6. The molecule has 0 fully saturated rings. The van der Waals surface area contributed by atoms with Crippen molar-refractivity contribution >= 4 is 39.8 Å². The average molecular weight is 298 g/mol. The number of aromatic nitrogens is 2. The molecule has 0 spiro atoms. The Morgan fingerprint density at radius 3 is 2.67 bits per heavy atom. The predicted octanol–water partition coefficient (Wildman–Crippen LogP) is 3.79. The van der Waals surface area contributed by atoms with Crippen LogP contribution in [-0.4, -0.2) is 21.6 Å². The molecule has 1 N–H and O–H groups in total. The van der Waals surface area contributed by atoms with Gasteiger partial charge in [0.1, 0.15) is 12.1 Å². The molecule has 0 aliphatic rings. The molecule has 0 bridgehead atoms. The van der Waals surface area contributed by atoms with Crippen LogP contribution in [0.4, 0.5) is 11.5 Å². The Labute approximate surface area is 126 Å². The van der Waals surface area contributed by atoms with Crippen molar-refractivity contribution in [3.05, 3.63) is 60.4 Å². The van der Waals surface area contributed by atoms with Gasteiger partial charge in [0.25, 0.3) is 0 Å². The molecule has 0 radical (unpaired) electrons. The minimum Gasteiger partial charge on any atom is -0.340 e. The third-order valence-electron chi connectivity index (χ3n) is 3.12. The molecule has 1 heterocycles. The fourth-order valence-electron chi connectivity index (χ4n) is 2.07. The van der Waals surface area contributed by atoms with Crippen molar-refractivity contribution in [1.82, 2.24) is 9.97 Å². The highest BCUT2D eigenvalue weighted by molar-refractivity contribution is 6.30. The summed E-state index contributed by atoms with van der Waals surface area (Å²) in [5, 5.41) is 4.10. The molecular weight excluding hydrogens is 286 g/mol. The Morgan fingerprint density at radius 2 is 1.90 bits per heavy atom. The van der Waals surface area contributed by atoms with E-state index in [2.05, 4.69) is 15.3 Å². The largest absolute Gasteiger partial charge is 0.340 e. The number of benzene rings is 2. The number of nitrogens with one attached hydrogen (secondary N) is 1. The van der Waals surface area contributed by atoms with E-state index in [1.165, 1.54) is 6.33 Å². The Hall–Kier alpha value is -2.46. The summed E-state index contributed by atoms with van der Waals surface area (Å²) in [5.74, 6) is 0.553. The number of hydrogen-bond acceptors (Lipinski definition) is 4. The maximum atomic E-state index is 11.6. The standard InChI is InChI=1S/C16H12ClN3O/c17-9-15(21)11-6-7-13-14(8-11)18-10-19-16(13)20-12-4-2-1-3-5-12/h1-8,10H,9H2,(H,18,19,20). The molecule has 0 saturated carbocycles. The van der Waals surface area contributed by atoms with Crippen molar-refractivity contribution in [3.63, 3.8) is 0 Å². The molecule has 3 aromatic rings. The van der Waals surface area contributed by atoms with Gasteiger partial charge < -0.3 is 5.32 Å². The van der Waals surface area contributed by atoms with Gasteiger partial charge in [-0.15, -0.1) is 11.6 Å². The van der Waals surface area contributed by atoms with Crippen LogP contribution in [-0.2, 0) is 0 Å². The fraction of sp³-hybridized carbons (Fsp3) is 0.0625. The minimum absolute atomic E-state index is 0.0360. The van der Waals surface area contributed by atoms with E-state index in [-0.39, 0.29) is 11.7 Å². The van der Waals surface area contributed by atoms with Crippen molar-refractivity contribution in [2.75, 3.05) is 11.2 Å². The van der Waals surface area contributed by atoms with Crippen LogP contribution in [0.5, 0.6) is 0 Å². The van der Waals surface area contributed by atoms with Gasteiger partial charge in [-0.3, -0.25) is 4.79 Å². The van der Waals surface area contributed by atoms with Crippen molar-refractivity contribution < 1.29 is 4.79 Å². The summed E-state index contributed by atoms with van der Waals surface area (Å²) < 4.78 is 0. The van der Waals surface area contributed by atoms with Crippen molar-refractivity contribution in [2.45, 2.75) is 0 Å². The zero-order valence-electron chi connectivity index (χ0n) is 11.1. The third kappa shape index (κ3) is 2.85. The number of ketones is 1. The summed E-state index contributed by atoms with van der Waals surface area (Å²) in [5.41, 5.74) is 2.21. The average Bonchev–Trinajstić information content (AvgIpc) is 2.55. The van der Waals surface area contributed by atoms with E-state index in [0.29, 0.717) is 16.9 Å². The van der Waals surface area contributed by atoms with Crippen LogP contribution in [0.25, 0.3) is 10.9 Å². The van der Waals surface area contributed by atoms with Gasteiger partial charge in [0, 0.05) is 16.6 Å². The van der Waals surface area contributed by atoms with Crippen molar-refractivity contribution in [1.29, 1.82) is 0 Å². The molecule has 0 unspecified atom stereocenters. The Morgan fingerprint density at radius 1 is 1.10 bits per heavy atom. The lowest BCUT2D eigenvalue weighted by molar-refractivity contribution is 0.102. The normalized spacial score (nSPS) is 10.5. The van der Waals surface area contributed by atoms with Gasteiger partial charge in [-0.05, 0) is 24.3 Å². The van der Waals surface area contributed by atoms with Crippen LogP contribution in [0.2, 0.25) is 0 Å². The third-order valence-corrected chi connectivity index (χ3v) is 3.36. The van der Waals surface area contributed by atoms with Gasteiger partial charge in [-0.1, -0.05) is 24.3 Å². The van der Waals surface area contributed by atoms with Gasteiger partial charge in [0.2, 0.25) is 0 Å².